The molecule has 0 N–H and O–H groups in total. The SMILES string of the molecule is CC(c1nccs1)N1CC(S(=O)(=O)Cl)CC1=O. The second kappa shape index (κ2) is 4.55. The van der Waals surface area contributed by atoms with E-state index in [1.165, 1.54) is 16.2 Å². The topological polar surface area (TPSA) is 67.3 Å². The molecule has 1 aliphatic rings. The van der Waals surface area contributed by atoms with Crippen molar-refractivity contribution in [3.05, 3.63) is 16.6 Å². The van der Waals surface area contributed by atoms with Crippen LogP contribution in [0.5, 0.6) is 0 Å². The summed E-state index contributed by atoms with van der Waals surface area (Å²) in [6, 6.07) is -0.203. The molecule has 94 valence electrons. The number of aromatic nitrogens is 1. The molecule has 0 saturated carbocycles. The van der Waals surface area contributed by atoms with Gasteiger partial charge < -0.3 is 4.90 Å². The lowest BCUT2D eigenvalue weighted by Gasteiger charge is -2.22. The van der Waals surface area contributed by atoms with Crippen LogP contribution >= 0.6 is 22.0 Å². The number of carbonyl (C=O) groups excluding carboxylic acids is 1. The minimum Gasteiger partial charge on any atom is -0.332 e. The summed E-state index contributed by atoms with van der Waals surface area (Å²) in [6.07, 6.45) is 1.62. The molecule has 1 amide bonds. The molecule has 8 heteroatoms. The number of hydrogen-bond donors (Lipinski definition) is 0. The maximum absolute atomic E-state index is 11.7. The first-order valence-electron chi connectivity index (χ1n) is 5.02. The molecule has 1 aromatic rings. The van der Waals surface area contributed by atoms with Gasteiger partial charge in [-0.05, 0) is 6.92 Å². The predicted molar refractivity (Wildman–Crippen MR) is 65.4 cm³/mol. The summed E-state index contributed by atoms with van der Waals surface area (Å²) in [7, 11) is 1.60. The van der Waals surface area contributed by atoms with E-state index in [9.17, 15) is 13.2 Å². The lowest BCUT2D eigenvalue weighted by Crippen LogP contribution is -2.29. The van der Waals surface area contributed by atoms with Gasteiger partial charge in [-0.1, -0.05) is 0 Å². The molecule has 1 aliphatic heterocycles. The molecule has 2 atom stereocenters. The van der Waals surface area contributed by atoms with Gasteiger partial charge in [0.15, 0.2) is 0 Å². The highest BCUT2D eigenvalue weighted by molar-refractivity contribution is 8.14. The number of hydrogen-bond acceptors (Lipinski definition) is 5. The average Bonchev–Trinajstić information content (AvgIpc) is 2.83. The fraction of sp³-hybridized carbons (Fsp3) is 0.556. The lowest BCUT2D eigenvalue weighted by atomic mass is 10.3. The van der Waals surface area contributed by atoms with Crippen LogP contribution in [0.4, 0.5) is 0 Å². The summed E-state index contributed by atoms with van der Waals surface area (Å²) in [5.74, 6) is -0.193. The Morgan fingerprint density at radius 2 is 2.35 bits per heavy atom. The number of likely N-dealkylation sites (tertiary alicyclic amines) is 1. The fourth-order valence-electron chi connectivity index (χ4n) is 1.83. The molecule has 17 heavy (non-hydrogen) atoms. The van der Waals surface area contributed by atoms with Crippen molar-refractivity contribution in [2.24, 2.45) is 0 Å². The minimum absolute atomic E-state index is 0.0401. The third-order valence-corrected chi connectivity index (χ3v) is 5.61. The fourth-order valence-corrected chi connectivity index (χ4v) is 3.58. The molecule has 0 aliphatic carbocycles. The van der Waals surface area contributed by atoms with E-state index in [1.807, 2.05) is 12.3 Å². The van der Waals surface area contributed by atoms with Gasteiger partial charge in [0.05, 0.1) is 6.04 Å². The molecular formula is C9H11ClN2O3S2. The van der Waals surface area contributed by atoms with Crippen molar-refractivity contribution in [3.8, 4) is 0 Å². The first-order chi connectivity index (χ1) is 7.89. The second-order valence-electron chi connectivity index (χ2n) is 3.89. The number of thiazole rings is 1. The van der Waals surface area contributed by atoms with Gasteiger partial charge in [0, 0.05) is 35.2 Å². The van der Waals surface area contributed by atoms with E-state index < -0.39 is 14.3 Å². The summed E-state index contributed by atoms with van der Waals surface area (Å²) < 4.78 is 22.4. The zero-order chi connectivity index (χ0) is 12.6. The van der Waals surface area contributed by atoms with E-state index in [1.54, 1.807) is 6.20 Å². The van der Waals surface area contributed by atoms with Crippen LogP contribution in [0.1, 0.15) is 24.4 Å². The van der Waals surface area contributed by atoms with Crippen molar-refractivity contribution in [3.63, 3.8) is 0 Å². The summed E-state index contributed by atoms with van der Waals surface area (Å²) in [6.45, 7) is 1.98. The normalized spacial score (nSPS) is 23.1. The quantitative estimate of drug-likeness (QED) is 0.790. The van der Waals surface area contributed by atoms with Gasteiger partial charge in [-0.15, -0.1) is 11.3 Å². The monoisotopic (exact) mass is 294 g/mol. The summed E-state index contributed by atoms with van der Waals surface area (Å²) >= 11 is 1.44. The molecule has 1 saturated heterocycles. The van der Waals surface area contributed by atoms with Crippen LogP contribution in [-0.2, 0) is 13.8 Å². The van der Waals surface area contributed by atoms with Crippen LogP contribution in [0, 0.1) is 0 Å². The van der Waals surface area contributed by atoms with Crippen molar-refractivity contribution in [2.45, 2.75) is 24.6 Å². The number of rotatable bonds is 3. The van der Waals surface area contributed by atoms with Crippen LogP contribution in [0.25, 0.3) is 0 Å². The first-order valence-corrected chi connectivity index (χ1v) is 8.27. The molecule has 0 spiro atoms. The first kappa shape index (κ1) is 12.8. The van der Waals surface area contributed by atoms with E-state index in [4.69, 9.17) is 10.7 Å². The number of halogens is 1. The molecule has 2 heterocycles. The standard InChI is InChI=1S/C9H11ClN2O3S2/c1-6(9-11-2-3-16-9)12-5-7(4-8(12)13)17(10,14)15/h2-3,6-7H,4-5H2,1H3. The molecule has 5 nitrogen and oxygen atoms in total. The maximum atomic E-state index is 11.7. The van der Waals surface area contributed by atoms with Gasteiger partial charge in [-0.3, -0.25) is 4.79 Å². The van der Waals surface area contributed by atoms with E-state index in [-0.39, 0.29) is 24.9 Å². The average molecular weight is 295 g/mol. The minimum atomic E-state index is -3.68. The van der Waals surface area contributed by atoms with Gasteiger partial charge in [-0.2, -0.15) is 0 Å². The largest absolute Gasteiger partial charge is 0.332 e. The van der Waals surface area contributed by atoms with E-state index >= 15 is 0 Å². The molecule has 1 fully saturated rings. The van der Waals surface area contributed by atoms with Gasteiger partial charge in [-0.25, -0.2) is 13.4 Å². The summed E-state index contributed by atoms with van der Waals surface area (Å²) in [4.78, 5) is 17.4. The van der Waals surface area contributed by atoms with Crippen molar-refractivity contribution in [2.75, 3.05) is 6.54 Å². The van der Waals surface area contributed by atoms with E-state index in [0.717, 1.165) is 5.01 Å². The third kappa shape index (κ3) is 2.61. The summed E-state index contributed by atoms with van der Waals surface area (Å²) in [5, 5.41) is 1.81. The van der Waals surface area contributed by atoms with Gasteiger partial charge >= 0.3 is 0 Å². The molecule has 0 radical (unpaired) electrons. The van der Waals surface area contributed by atoms with Crippen LogP contribution < -0.4 is 0 Å². The second-order valence-corrected chi connectivity index (χ2v) is 7.73. The molecule has 0 bridgehead atoms. The number of amides is 1. The Kier molecular flexibility index (Phi) is 3.42. The maximum Gasteiger partial charge on any atom is 0.237 e. The number of carbonyl (C=O) groups is 1. The summed E-state index contributed by atoms with van der Waals surface area (Å²) in [5.41, 5.74) is 0. The molecule has 0 aromatic carbocycles. The van der Waals surface area contributed by atoms with Gasteiger partial charge in [0.2, 0.25) is 15.0 Å². The Morgan fingerprint density at radius 3 is 2.82 bits per heavy atom. The highest BCUT2D eigenvalue weighted by Crippen LogP contribution is 2.30. The van der Waals surface area contributed by atoms with Crippen LogP contribution in [0.2, 0.25) is 0 Å². The Bertz CT molecular complexity index is 514. The highest BCUT2D eigenvalue weighted by atomic mass is 35.7. The van der Waals surface area contributed by atoms with Crippen LogP contribution in [0.15, 0.2) is 11.6 Å². The lowest BCUT2D eigenvalue weighted by molar-refractivity contribution is -0.129. The van der Waals surface area contributed by atoms with Gasteiger partial charge in [0.1, 0.15) is 10.3 Å². The van der Waals surface area contributed by atoms with E-state index in [0.29, 0.717) is 0 Å². The highest BCUT2D eigenvalue weighted by Gasteiger charge is 2.39. The zero-order valence-corrected chi connectivity index (χ0v) is 11.4. The Balaban J connectivity index is 2.16. The Labute approximate surface area is 108 Å². The van der Waals surface area contributed by atoms with Crippen LogP contribution in [-0.4, -0.2) is 36.0 Å². The Hall–Kier alpha value is -0.660. The van der Waals surface area contributed by atoms with Crippen molar-refractivity contribution < 1.29 is 13.2 Å². The van der Waals surface area contributed by atoms with Crippen LogP contribution in [0.3, 0.4) is 0 Å². The smallest absolute Gasteiger partial charge is 0.237 e. The molecule has 2 unspecified atom stereocenters. The van der Waals surface area contributed by atoms with E-state index in [2.05, 4.69) is 4.98 Å². The molecule has 2 rings (SSSR count). The predicted octanol–water partition coefficient (Wildman–Crippen LogP) is 1.37. The molecular weight excluding hydrogens is 284 g/mol. The molecule has 1 aromatic heterocycles. The third-order valence-electron chi connectivity index (χ3n) is 2.80. The Morgan fingerprint density at radius 1 is 1.65 bits per heavy atom. The number of nitrogens with zero attached hydrogens (tertiary/aromatic N) is 2. The zero-order valence-electron chi connectivity index (χ0n) is 9.04. The van der Waals surface area contributed by atoms with Crippen molar-refractivity contribution >= 4 is 37.0 Å². The van der Waals surface area contributed by atoms with Crippen molar-refractivity contribution in [1.29, 1.82) is 0 Å². The van der Waals surface area contributed by atoms with Gasteiger partial charge in [0.25, 0.3) is 0 Å². The van der Waals surface area contributed by atoms with Crippen molar-refractivity contribution in [1.82, 2.24) is 9.88 Å².